The Morgan fingerprint density at radius 1 is 1.37 bits per heavy atom. The monoisotopic (exact) mass is 487 g/mol. The van der Waals surface area contributed by atoms with E-state index in [0.717, 1.165) is 15.7 Å². The summed E-state index contributed by atoms with van der Waals surface area (Å²) in [6.45, 7) is 3.74. The number of halogens is 2. The second kappa shape index (κ2) is 9.33. The van der Waals surface area contributed by atoms with E-state index in [4.69, 9.17) is 16.3 Å². The molecule has 8 heteroatoms. The first-order valence-corrected chi connectivity index (χ1v) is 10.3. The lowest BCUT2D eigenvalue weighted by molar-refractivity contribution is 0.0950. The molecule has 6 nitrogen and oxygen atoms in total. The molecule has 154 valence electrons. The van der Waals surface area contributed by atoms with E-state index in [2.05, 4.69) is 32.3 Å². The standard InChI is InChI=1S/C22H19BrClN3O3/c1-12-8-13(2)27-22(29)16(12)11-26-21(28)14-6-7-20(18(24)9-14)30-19-5-3-4-17(23)15(19)10-25/h3-9,15,19H,11H2,1-2H3,(H,26,28)(H,27,29). The number of carbonyl (C=O) groups excluding carboxylic acids is 1. The van der Waals surface area contributed by atoms with Crippen LogP contribution in [0.1, 0.15) is 27.2 Å². The van der Waals surface area contributed by atoms with Crippen molar-refractivity contribution < 1.29 is 9.53 Å². The minimum absolute atomic E-state index is 0.104. The van der Waals surface area contributed by atoms with Crippen molar-refractivity contribution in [2.45, 2.75) is 26.5 Å². The topological polar surface area (TPSA) is 95.0 Å². The molecule has 30 heavy (non-hydrogen) atoms. The highest BCUT2D eigenvalue weighted by atomic mass is 79.9. The average molecular weight is 489 g/mol. The molecule has 0 spiro atoms. The fourth-order valence-electron chi connectivity index (χ4n) is 3.13. The van der Waals surface area contributed by atoms with Crippen LogP contribution in [0.2, 0.25) is 5.02 Å². The summed E-state index contributed by atoms with van der Waals surface area (Å²) in [6.07, 6.45) is 4.87. The smallest absolute Gasteiger partial charge is 0.253 e. The van der Waals surface area contributed by atoms with Crippen LogP contribution in [0, 0.1) is 31.1 Å². The van der Waals surface area contributed by atoms with Gasteiger partial charge in [-0.1, -0.05) is 39.7 Å². The molecular weight excluding hydrogens is 470 g/mol. The Balaban J connectivity index is 1.70. The SMILES string of the molecule is Cc1cc(C)c(CNC(=O)c2ccc(OC3C=CC=C(Br)C3C#N)c(Cl)c2)c(=O)[nH]1. The molecule has 0 fully saturated rings. The van der Waals surface area contributed by atoms with Crippen molar-refractivity contribution in [2.75, 3.05) is 0 Å². The Labute approximate surface area is 187 Å². The van der Waals surface area contributed by atoms with Gasteiger partial charge in [-0.15, -0.1) is 0 Å². The predicted octanol–water partition coefficient (Wildman–Crippen LogP) is 4.31. The zero-order valence-corrected chi connectivity index (χ0v) is 18.7. The Morgan fingerprint density at radius 3 is 2.80 bits per heavy atom. The van der Waals surface area contributed by atoms with Crippen molar-refractivity contribution in [1.29, 1.82) is 5.26 Å². The summed E-state index contributed by atoms with van der Waals surface area (Å²) in [5.41, 5.74) is 2.20. The Kier molecular flexibility index (Phi) is 6.80. The van der Waals surface area contributed by atoms with Crippen molar-refractivity contribution in [1.82, 2.24) is 10.3 Å². The van der Waals surface area contributed by atoms with Crippen LogP contribution < -0.4 is 15.6 Å². The number of pyridine rings is 1. The second-order valence-electron chi connectivity index (χ2n) is 6.90. The number of aryl methyl sites for hydroxylation is 2. The lowest BCUT2D eigenvalue weighted by atomic mass is 9.99. The average Bonchev–Trinajstić information content (AvgIpc) is 2.68. The maximum absolute atomic E-state index is 12.5. The highest BCUT2D eigenvalue weighted by molar-refractivity contribution is 9.11. The van der Waals surface area contributed by atoms with Crippen LogP contribution >= 0.6 is 27.5 Å². The minimum atomic E-state index is -0.497. The summed E-state index contributed by atoms with van der Waals surface area (Å²) in [6, 6.07) is 8.72. The maximum Gasteiger partial charge on any atom is 0.253 e. The first-order valence-electron chi connectivity index (χ1n) is 9.17. The summed E-state index contributed by atoms with van der Waals surface area (Å²) >= 11 is 9.68. The number of aromatic amines is 1. The summed E-state index contributed by atoms with van der Waals surface area (Å²) in [4.78, 5) is 27.3. The fraction of sp³-hybridized carbons (Fsp3) is 0.227. The number of hydrogen-bond acceptors (Lipinski definition) is 4. The van der Waals surface area contributed by atoms with Crippen molar-refractivity contribution in [3.05, 3.63) is 84.7 Å². The number of carbonyl (C=O) groups is 1. The molecule has 1 aromatic carbocycles. The third-order valence-electron chi connectivity index (χ3n) is 4.70. The Bertz CT molecular complexity index is 1150. The van der Waals surface area contributed by atoms with Gasteiger partial charge in [-0.25, -0.2) is 0 Å². The number of hydrogen-bond donors (Lipinski definition) is 2. The third kappa shape index (κ3) is 4.84. The number of rotatable bonds is 5. The molecule has 1 heterocycles. The molecule has 0 bridgehead atoms. The molecule has 2 aromatic rings. The van der Waals surface area contributed by atoms with Crippen LogP contribution in [0.4, 0.5) is 0 Å². The zero-order chi connectivity index (χ0) is 21.8. The van der Waals surface area contributed by atoms with Crippen LogP contribution in [-0.2, 0) is 6.54 Å². The molecule has 0 saturated heterocycles. The largest absolute Gasteiger partial charge is 0.483 e. The zero-order valence-electron chi connectivity index (χ0n) is 16.3. The number of ether oxygens (including phenoxy) is 1. The number of nitrogens with one attached hydrogen (secondary N) is 2. The van der Waals surface area contributed by atoms with Gasteiger partial charge in [-0.3, -0.25) is 9.59 Å². The van der Waals surface area contributed by atoms with Gasteiger partial charge in [0, 0.05) is 27.8 Å². The number of nitrogens with zero attached hydrogens (tertiary/aromatic N) is 1. The first kappa shape index (κ1) is 21.9. The number of nitriles is 1. The van der Waals surface area contributed by atoms with Crippen molar-refractivity contribution in [3.8, 4) is 11.8 Å². The van der Waals surface area contributed by atoms with Gasteiger partial charge < -0.3 is 15.0 Å². The summed E-state index contributed by atoms with van der Waals surface area (Å²) < 4.78 is 6.61. The van der Waals surface area contributed by atoms with Crippen molar-refractivity contribution >= 4 is 33.4 Å². The normalized spacial score (nSPS) is 17.8. The second-order valence-corrected chi connectivity index (χ2v) is 8.22. The summed E-state index contributed by atoms with van der Waals surface area (Å²) in [5, 5.41) is 12.4. The van der Waals surface area contributed by atoms with Crippen LogP contribution in [0.15, 0.2) is 51.8 Å². The van der Waals surface area contributed by atoms with E-state index in [0.29, 0.717) is 16.9 Å². The molecule has 3 rings (SSSR count). The molecule has 0 aliphatic heterocycles. The van der Waals surface area contributed by atoms with Crippen LogP contribution in [0.25, 0.3) is 0 Å². The molecule has 2 N–H and O–H groups in total. The minimum Gasteiger partial charge on any atom is -0.483 e. The number of amides is 1. The van der Waals surface area contributed by atoms with Gasteiger partial charge in [0.25, 0.3) is 11.5 Å². The van der Waals surface area contributed by atoms with Crippen molar-refractivity contribution in [2.24, 2.45) is 5.92 Å². The van der Waals surface area contributed by atoms with E-state index in [-0.39, 0.29) is 23.0 Å². The Hall–Kier alpha value is -2.82. The molecule has 2 atom stereocenters. The number of allylic oxidation sites excluding steroid dienone is 2. The van der Waals surface area contributed by atoms with Crippen LogP contribution in [-0.4, -0.2) is 17.0 Å². The van der Waals surface area contributed by atoms with Gasteiger partial charge in [0.2, 0.25) is 0 Å². The summed E-state index contributed by atoms with van der Waals surface area (Å²) in [7, 11) is 0. The van der Waals surface area contributed by atoms with E-state index >= 15 is 0 Å². The molecule has 0 saturated carbocycles. The molecule has 1 aliphatic carbocycles. The van der Waals surface area contributed by atoms with Gasteiger partial charge in [0.15, 0.2) is 0 Å². The van der Waals surface area contributed by atoms with Gasteiger partial charge >= 0.3 is 0 Å². The van der Waals surface area contributed by atoms with E-state index in [1.165, 1.54) is 6.07 Å². The van der Waals surface area contributed by atoms with Gasteiger partial charge in [0.1, 0.15) is 17.8 Å². The lowest BCUT2D eigenvalue weighted by Gasteiger charge is -2.23. The lowest BCUT2D eigenvalue weighted by Crippen LogP contribution is -2.28. The molecule has 1 aliphatic rings. The van der Waals surface area contributed by atoms with E-state index in [9.17, 15) is 14.9 Å². The molecule has 2 unspecified atom stereocenters. The highest BCUT2D eigenvalue weighted by Crippen LogP contribution is 2.32. The van der Waals surface area contributed by atoms with Crippen LogP contribution in [0.3, 0.4) is 0 Å². The highest BCUT2D eigenvalue weighted by Gasteiger charge is 2.26. The maximum atomic E-state index is 12.5. The third-order valence-corrected chi connectivity index (χ3v) is 5.75. The van der Waals surface area contributed by atoms with Gasteiger partial charge in [-0.05, 0) is 49.8 Å². The number of H-pyrrole nitrogens is 1. The summed E-state index contributed by atoms with van der Waals surface area (Å²) in [5.74, 6) is -0.470. The predicted molar refractivity (Wildman–Crippen MR) is 119 cm³/mol. The molecular formula is C22H19BrClN3O3. The van der Waals surface area contributed by atoms with Gasteiger partial charge in [-0.2, -0.15) is 5.26 Å². The molecule has 0 radical (unpaired) electrons. The fourth-order valence-corrected chi connectivity index (χ4v) is 3.87. The van der Waals surface area contributed by atoms with E-state index in [1.807, 2.05) is 13.0 Å². The van der Waals surface area contributed by atoms with E-state index in [1.54, 1.807) is 37.3 Å². The molecule has 1 aromatic heterocycles. The first-order chi connectivity index (χ1) is 14.3. The molecule has 1 amide bonds. The number of benzene rings is 1. The Morgan fingerprint density at radius 2 is 2.13 bits per heavy atom. The van der Waals surface area contributed by atoms with Gasteiger partial charge in [0.05, 0.1) is 11.1 Å². The van der Waals surface area contributed by atoms with Crippen molar-refractivity contribution in [3.63, 3.8) is 0 Å². The quantitative estimate of drug-likeness (QED) is 0.655. The number of aromatic nitrogens is 1. The van der Waals surface area contributed by atoms with Crippen LogP contribution in [0.5, 0.6) is 5.75 Å². The van der Waals surface area contributed by atoms with E-state index < -0.39 is 12.0 Å².